The van der Waals surface area contributed by atoms with E-state index in [4.69, 9.17) is 9.47 Å². The summed E-state index contributed by atoms with van der Waals surface area (Å²) in [7, 11) is 0. The highest BCUT2D eigenvalue weighted by atomic mass is 16.5. The molecule has 1 atom stereocenters. The molecule has 0 radical (unpaired) electrons. The molecule has 0 aliphatic carbocycles. The van der Waals surface area contributed by atoms with E-state index >= 15 is 0 Å². The molecule has 1 aliphatic heterocycles. The highest BCUT2D eigenvalue weighted by molar-refractivity contribution is 5.97. The quantitative estimate of drug-likeness (QED) is 0.779. The van der Waals surface area contributed by atoms with Crippen LogP contribution in [0.15, 0.2) is 18.2 Å². The average Bonchev–Trinajstić information content (AvgIpc) is 2.64. The van der Waals surface area contributed by atoms with E-state index in [1.165, 1.54) is 4.90 Å². The van der Waals surface area contributed by atoms with Crippen LogP contribution in [-0.4, -0.2) is 47.7 Å². The molecule has 2 rings (SSSR count). The molecular weight excluding hydrogens is 322 g/mol. The van der Waals surface area contributed by atoms with Gasteiger partial charge in [0.2, 0.25) is 0 Å². The number of nitrogens with zero attached hydrogens (tertiary/aromatic N) is 1. The number of hydrogen-bond acceptors (Lipinski definition) is 4. The van der Waals surface area contributed by atoms with Gasteiger partial charge in [-0.2, -0.15) is 0 Å². The first-order valence-electron chi connectivity index (χ1n) is 9.01. The third-order valence-electron chi connectivity index (χ3n) is 4.16. The average molecular weight is 349 g/mol. The summed E-state index contributed by atoms with van der Waals surface area (Å²) in [5.74, 6) is -0.0702. The van der Waals surface area contributed by atoms with Gasteiger partial charge in [-0.25, -0.2) is 4.79 Å². The maximum absolute atomic E-state index is 12.8. The van der Waals surface area contributed by atoms with Crippen LogP contribution in [0, 0.1) is 0 Å². The van der Waals surface area contributed by atoms with E-state index in [0.29, 0.717) is 43.2 Å². The van der Waals surface area contributed by atoms with Gasteiger partial charge in [0.05, 0.1) is 13.2 Å². The largest absolute Gasteiger partial charge is 0.490 e. The van der Waals surface area contributed by atoms with Gasteiger partial charge in [0, 0.05) is 12.1 Å². The molecule has 1 amide bonds. The van der Waals surface area contributed by atoms with Crippen LogP contribution in [0.4, 0.5) is 0 Å². The molecule has 1 unspecified atom stereocenters. The van der Waals surface area contributed by atoms with E-state index in [-0.39, 0.29) is 5.91 Å². The summed E-state index contributed by atoms with van der Waals surface area (Å²) in [5, 5.41) is 9.38. The second-order valence-electron chi connectivity index (χ2n) is 6.21. The molecular formula is C19H27NO5. The highest BCUT2D eigenvalue weighted by Crippen LogP contribution is 2.30. The summed E-state index contributed by atoms with van der Waals surface area (Å²) in [6.45, 7) is 5.60. The van der Waals surface area contributed by atoms with Gasteiger partial charge < -0.3 is 19.5 Å². The minimum atomic E-state index is -0.946. The number of carbonyl (C=O) groups excluding carboxylic acids is 1. The van der Waals surface area contributed by atoms with Gasteiger partial charge in [-0.15, -0.1) is 0 Å². The molecule has 1 fully saturated rings. The highest BCUT2D eigenvalue weighted by Gasteiger charge is 2.32. The fraction of sp³-hybridized carbons (Fsp3) is 0.579. The minimum Gasteiger partial charge on any atom is -0.490 e. The Bertz CT molecular complexity index is 601. The maximum Gasteiger partial charge on any atom is 0.326 e. The monoisotopic (exact) mass is 349 g/mol. The van der Waals surface area contributed by atoms with Gasteiger partial charge in [-0.1, -0.05) is 13.8 Å². The zero-order valence-electron chi connectivity index (χ0n) is 15.0. The molecule has 1 N–H and O–H groups in total. The first-order valence-corrected chi connectivity index (χ1v) is 9.01. The van der Waals surface area contributed by atoms with Gasteiger partial charge in [-0.3, -0.25) is 4.79 Å². The van der Waals surface area contributed by atoms with Crippen LogP contribution >= 0.6 is 0 Å². The van der Waals surface area contributed by atoms with Crippen molar-refractivity contribution in [2.45, 2.75) is 52.0 Å². The Kier molecular flexibility index (Phi) is 7.10. The van der Waals surface area contributed by atoms with Crippen LogP contribution in [-0.2, 0) is 4.79 Å². The van der Waals surface area contributed by atoms with Crippen molar-refractivity contribution in [3.8, 4) is 11.5 Å². The molecule has 6 nitrogen and oxygen atoms in total. The van der Waals surface area contributed by atoms with Crippen LogP contribution in [0.5, 0.6) is 11.5 Å². The molecule has 25 heavy (non-hydrogen) atoms. The molecule has 0 spiro atoms. The molecule has 1 saturated heterocycles. The normalized spacial score (nSPS) is 17.2. The van der Waals surface area contributed by atoms with Gasteiger partial charge in [0.1, 0.15) is 6.04 Å². The third-order valence-corrected chi connectivity index (χ3v) is 4.16. The summed E-state index contributed by atoms with van der Waals surface area (Å²) in [6, 6.07) is 4.32. The number of carboxylic acids is 1. The zero-order chi connectivity index (χ0) is 18.2. The number of ether oxygens (including phenoxy) is 2. The van der Waals surface area contributed by atoms with Crippen molar-refractivity contribution in [1.29, 1.82) is 0 Å². The molecule has 1 aromatic rings. The number of carboxylic acid groups (broad SMARTS) is 1. The predicted molar refractivity (Wildman–Crippen MR) is 94.3 cm³/mol. The van der Waals surface area contributed by atoms with E-state index in [2.05, 4.69) is 0 Å². The lowest BCUT2D eigenvalue weighted by atomic mass is 10.0. The van der Waals surface area contributed by atoms with E-state index in [1.54, 1.807) is 18.2 Å². The third kappa shape index (κ3) is 4.87. The Balaban J connectivity index is 2.24. The Morgan fingerprint density at radius 1 is 1.12 bits per heavy atom. The van der Waals surface area contributed by atoms with Crippen LogP contribution in [0.3, 0.4) is 0 Å². The standard InChI is InChI=1S/C19H27NO5/c1-3-11-24-16-9-8-14(13-17(16)25-12-4-2)18(21)20-10-6-5-7-15(20)19(22)23/h8-9,13,15H,3-7,10-12H2,1-2H3,(H,22,23). The molecule has 1 aliphatic rings. The predicted octanol–water partition coefficient (Wildman–Crippen LogP) is 3.34. The van der Waals surface area contributed by atoms with Gasteiger partial charge in [0.15, 0.2) is 11.5 Å². The van der Waals surface area contributed by atoms with Crippen molar-refractivity contribution in [3.63, 3.8) is 0 Å². The Hall–Kier alpha value is -2.24. The Labute approximate surface area is 148 Å². The Morgan fingerprint density at radius 3 is 2.44 bits per heavy atom. The zero-order valence-corrected chi connectivity index (χ0v) is 15.0. The number of hydrogen-bond donors (Lipinski definition) is 1. The number of carbonyl (C=O) groups is 2. The van der Waals surface area contributed by atoms with Crippen molar-refractivity contribution in [2.24, 2.45) is 0 Å². The first-order chi connectivity index (χ1) is 12.1. The minimum absolute atomic E-state index is 0.268. The number of aliphatic carboxylic acids is 1. The van der Waals surface area contributed by atoms with Crippen LogP contribution < -0.4 is 9.47 Å². The van der Waals surface area contributed by atoms with Crippen molar-refractivity contribution in [1.82, 2.24) is 4.90 Å². The summed E-state index contributed by atoms with van der Waals surface area (Å²) in [4.78, 5) is 25.7. The number of piperidine rings is 1. The SMILES string of the molecule is CCCOc1ccc(C(=O)N2CCCCC2C(=O)O)cc1OCCC. The maximum atomic E-state index is 12.8. The topological polar surface area (TPSA) is 76.1 Å². The Morgan fingerprint density at radius 2 is 1.80 bits per heavy atom. The van der Waals surface area contributed by atoms with E-state index in [0.717, 1.165) is 25.7 Å². The lowest BCUT2D eigenvalue weighted by molar-refractivity contribution is -0.143. The summed E-state index contributed by atoms with van der Waals surface area (Å²) >= 11 is 0. The van der Waals surface area contributed by atoms with Crippen molar-refractivity contribution in [3.05, 3.63) is 23.8 Å². The van der Waals surface area contributed by atoms with Gasteiger partial charge >= 0.3 is 5.97 Å². The molecule has 0 saturated carbocycles. The fourth-order valence-corrected chi connectivity index (χ4v) is 2.89. The van der Waals surface area contributed by atoms with Gasteiger partial charge in [0.25, 0.3) is 5.91 Å². The van der Waals surface area contributed by atoms with E-state index in [1.807, 2.05) is 13.8 Å². The lowest BCUT2D eigenvalue weighted by Crippen LogP contribution is -2.47. The summed E-state index contributed by atoms with van der Waals surface area (Å²) < 4.78 is 11.4. The number of amides is 1. The molecule has 1 aromatic carbocycles. The van der Waals surface area contributed by atoms with Gasteiger partial charge in [-0.05, 0) is 50.3 Å². The van der Waals surface area contributed by atoms with Crippen LogP contribution in [0.1, 0.15) is 56.3 Å². The van der Waals surface area contributed by atoms with E-state index in [9.17, 15) is 14.7 Å². The summed E-state index contributed by atoms with van der Waals surface area (Å²) in [6.07, 6.45) is 3.88. The van der Waals surface area contributed by atoms with Crippen molar-refractivity contribution < 1.29 is 24.2 Å². The number of rotatable bonds is 8. The molecule has 0 bridgehead atoms. The fourth-order valence-electron chi connectivity index (χ4n) is 2.89. The summed E-state index contributed by atoms with van der Waals surface area (Å²) in [5.41, 5.74) is 0.433. The molecule has 0 aromatic heterocycles. The molecule has 138 valence electrons. The number of benzene rings is 1. The van der Waals surface area contributed by atoms with E-state index < -0.39 is 12.0 Å². The van der Waals surface area contributed by atoms with Crippen molar-refractivity contribution in [2.75, 3.05) is 19.8 Å². The molecule has 1 heterocycles. The smallest absolute Gasteiger partial charge is 0.326 e. The lowest BCUT2D eigenvalue weighted by Gasteiger charge is -2.33. The van der Waals surface area contributed by atoms with Crippen LogP contribution in [0.25, 0.3) is 0 Å². The molecule has 6 heteroatoms. The van der Waals surface area contributed by atoms with Crippen LogP contribution in [0.2, 0.25) is 0 Å². The number of likely N-dealkylation sites (tertiary alicyclic amines) is 1. The second kappa shape index (κ2) is 9.30. The second-order valence-corrected chi connectivity index (χ2v) is 6.21. The van der Waals surface area contributed by atoms with Crippen molar-refractivity contribution >= 4 is 11.9 Å². The first kappa shape index (κ1) is 19.1.